The largest absolute Gasteiger partial charge is 0.469 e. The maximum Gasteiger partial charge on any atom is 0.305 e. The van der Waals surface area contributed by atoms with Crippen LogP contribution in [0.1, 0.15) is 41.8 Å². The summed E-state index contributed by atoms with van der Waals surface area (Å²) >= 11 is 0. The van der Waals surface area contributed by atoms with Crippen molar-refractivity contribution in [3.05, 3.63) is 12.1 Å². The minimum atomic E-state index is -0.309. The van der Waals surface area contributed by atoms with Crippen LogP contribution in [0, 0.1) is 11.8 Å². The lowest BCUT2D eigenvalue weighted by molar-refractivity contribution is -0.142. The van der Waals surface area contributed by atoms with Crippen molar-refractivity contribution in [3.63, 3.8) is 0 Å². The van der Waals surface area contributed by atoms with Gasteiger partial charge in [0.15, 0.2) is 0 Å². The lowest BCUT2D eigenvalue weighted by Gasteiger charge is -2.15. The minimum Gasteiger partial charge on any atom is -0.469 e. The van der Waals surface area contributed by atoms with Gasteiger partial charge >= 0.3 is 5.97 Å². The summed E-state index contributed by atoms with van der Waals surface area (Å²) in [5, 5.41) is 0. The van der Waals surface area contributed by atoms with Gasteiger partial charge in [-0.15, -0.1) is 0 Å². The first-order valence-corrected chi connectivity index (χ1v) is 5.74. The van der Waals surface area contributed by atoms with E-state index >= 15 is 0 Å². The number of carbonyl (C=O) groups excluding carboxylic acids is 2. The van der Waals surface area contributed by atoms with E-state index in [0.29, 0.717) is 19.3 Å². The van der Waals surface area contributed by atoms with E-state index in [1.54, 1.807) is 0 Å². The predicted octanol–water partition coefficient (Wildman–Crippen LogP) is 2.50. The number of hydrogen-bond donors (Lipinski definition) is 0. The molecule has 0 saturated heterocycles. The van der Waals surface area contributed by atoms with Crippen LogP contribution in [0.5, 0.6) is 0 Å². The number of methoxy groups -OCH3 is 1. The predicted molar refractivity (Wildman–Crippen MR) is 61.9 cm³/mol. The van der Waals surface area contributed by atoms with Crippen LogP contribution in [0.15, 0.2) is 12.1 Å². The molecule has 0 radical (unpaired) electrons. The Morgan fingerprint density at radius 3 is 3.00 bits per heavy atom. The second-order valence-corrected chi connectivity index (χ2v) is 4.06. The van der Waals surface area contributed by atoms with E-state index in [2.05, 4.69) is 4.74 Å². The maximum atomic E-state index is 11.8. The van der Waals surface area contributed by atoms with Crippen molar-refractivity contribution in [2.45, 2.75) is 39.0 Å². The first-order valence-electron chi connectivity index (χ1n) is 6.74. The highest BCUT2D eigenvalue weighted by Crippen LogP contribution is 2.34. The molecule has 0 aromatic rings. The van der Waals surface area contributed by atoms with Gasteiger partial charge in [-0.3, -0.25) is 9.59 Å². The molecule has 0 bridgehead atoms. The van der Waals surface area contributed by atoms with Crippen LogP contribution >= 0.6 is 0 Å². The highest BCUT2D eigenvalue weighted by molar-refractivity contribution is 5.84. The molecule has 0 aliphatic heterocycles. The highest BCUT2D eigenvalue weighted by Gasteiger charge is 2.34. The SMILES string of the molecule is [2H]/C(CC)=C(\[2H])C[C@@H]1C(=O)CC[C@H]1CC(=O)OC. The first kappa shape index (κ1) is 10.1. The van der Waals surface area contributed by atoms with Crippen molar-refractivity contribution in [2.24, 2.45) is 11.8 Å². The van der Waals surface area contributed by atoms with E-state index in [-0.39, 0.29) is 48.5 Å². The normalized spacial score (nSPS) is 28.2. The van der Waals surface area contributed by atoms with Gasteiger partial charge in [0, 0.05) is 18.8 Å². The zero-order valence-corrected chi connectivity index (χ0v) is 9.91. The van der Waals surface area contributed by atoms with Gasteiger partial charge < -0.3 is 4.74 Å². The van der Waals surface area contributed by atoms with Crippen LogP contribution in [0.3, 0.4) is 0 Å². The molecule has 0 N–H and O–H groups in total. The van der Waals surface area contributed by atoms with Crippen molar-refractivity contribution in [1.29, 1.82) is 0 Å². The van der Waals surface area contributed by atoms with Gasteiger partial charge in [-0.1, -0.05) is 19.0 Å². The fourth-order valence-corrected chi connectivity index (χ4v) is 2.11. The molecule has 0 aromatic heterocycles. The van der Waals surface area contributed by atoms with E-state index < -0.39 is 0 Å². The number of allylic oxidation sites excluding steroid dienone is 2. The zero-order valence-electron chi connectivity index (χ0n) is 11.9. The number of hydrogen-bond acceptors (Lipinski definition) is 3. The summed E-state index contributed by atoms with van der Waals surface area (Å²) in [6, 6.07) is 0.485. The van der Waals surface area contributed by atoms with E-state index in [4.69, 9.17) is 2.74 Å². The topological polar surface area (TPSA) is 43.4 Å². The number of carbonyl (C=O) groups is 2. The highest BCUT2D eigenvalue weighted by atomic mass is 16.5. The Labute approximate surface area is 99.7 Å². The molecule has 0 amide bonds. The van der Waals surface area contributed by atoms with Crippen LogP contribution in [-0.2, 0) is 14.3 Å². The molecule has 1 aliphatic rings. The van der Waals surface area contributed by atoms with Crippen molar-refractivity contribution in [3.8, 4) is 0 Å². The molecule has 3 heteroatoms. The summed E-state index contributed by atoms with van der Waals surface area (Å²) in [4.78, 5) is 23.0. The monoisotopic (exact) mass is 226 g/mol. The van der Waals surface area contributed by atoms with Gasteiger partial charge in [0.1, 0.15) is 5.78 Å². The molecule has 90 valence electrons. The third kappa shape index (κ3) is 3.47. The lowest BCUT2D eigenvalue weighted by atomic mass is 9.89. The third-order valence-corrected chi connectivity index (χ3v) is 3.02. The van der Waals surface area contributed by atoms with Gasteiger partial charge in [-0.05, 0) is 25.2 Å². The Morgan fingerprint density at radius 2 is 2.38 bits per heavy atom. The second kappa shape index (κ2) is 6.46. The summed E-state index contributed by atoms with van der Waals surface area (Å²) in [5.41, 5.74) is 0. The van der Waals surface area contributed by atoms with Crippen molar-refractivity contribution >= 4 is 11.8 Å². The molecule has 1 saturated carbocycles. The second-order valence-electron chi connectivity index (χ2n) is 4.06. The van der Waals surface area contributed by atoms with E-state index in [9.17, 15) is 9.59 Å². The van der Waals surface area contributed by atoms with Gasteiger partial charge in [0.2, 0.25) is 0 Å². The molecule has 1 fully saturated rings. The van der Waals surface area contributed by atoms with Crippen LogP contribution in [0.25, 0.3) is 0 Å². The van der Waals surface area contributed by atoms with Crippen molar-refractivity contribution < 1.29 is 17.1 Å². The minimum absolute atomic E-state index is 0.0324. The summed E-state index contributed by atoms with van der Waals surface area (Å²) in [5.74, 6) is -0.521. The molecule has 16 heavy (non-hydrogen) atoms. The molecule has 0 unspecified atom stereocenters. The fourth-order valence-electron chi connectivity index (χ4n) is 2.11. The van der Waals surface area contributed by atoms with E-state index in [0.717, 1.165) is 0 Å². The van der Waals surface area contributed by atoms with Gasteiger partial charge in [0.05, 0.1) is 9.85 Å². The molecule has 2 atom stereocenters. The van der Waals surface area contributed by atoms with Crippen molar-refractivity contribution in [1.82, 2.24) is 0 Å². The average Bonchev–Trinajstić information content (AvgIpc) is 2.70. The van der Waals surface area contributed by atoms with Gasteiger partial charge in [0.25, 0.3) is 0 Å². The number of ether oxygens (including phenoxy) is 1. The molecule has 0 aromatic carbocycles. The van der Waals surface area contributed by atoms with Gasteiger partial charge in [-0.2, -0.15) is 0 Å². The Kier molecular flexibility index (Phi) is 4.06. The zero-order chi connectivity index (χ0) is 13.7. The number of rotatable bonds is 5. The van der Waals surface area contributed by atoms with E-state index in [1.165, 1.54) is 7.11 Å². The number of esters is 1. The fraction of sp³-hybridized carbons (Fsp3) is 0.692. The summed E-state index contributed by atoms with van der Waals surface area (Å²) in [7, 11) is 1.34. The quantitative estimate of drug-likeness (QED) is 0.534. The molecule has 0 spiro atoms. The van der Waals surface area contributed by atoms with Crippen LogP contribution in [0.4, 0.5) is 0 Å². The van der Waals surface area contributed by atoms with Gasteiger partial charge in [-0.25, -0.2) is 0 Å². The average molecular weight is 226 g/mol. The van der Waals surface area contributed by atoms with Crippen LogP contribution < -0.4 is 0 Å². The number of ketones is 1. The van der Waals surface area contributed by atoms with E-state index in [1.807, 2.05) is 6.92 Å². The molecular formula is C13H20O3. The first-order chi connectivity index (χ1) is 8.49. The summed E-state index contributed by atoms with van der Waals surface area (Å²) in [6.45, 7) is 1.82. The number of Topliss-reactive ketones (excluding diaryl/α,β-unsaturated/α-hetero) is 1. The Bertz CT molecular complexity index is 363. The molecule has 1 aliphatic carbocycles. The van der Waals surface area contributed by atoms with Crippen LogP contribution in [-0.4, -0.2) is 18.9 Å². The smallest absolute Gasteiger partial charge is 0.305 e. The Morgan fingerprint density at radius 1 is 1.62 bits per heavy atom. The summed E-state index contributed by atoms with van der Waals surface area (Å²) in [6.07, 6.45) is 2.18. The third-order valence-electron chi connectivity index (χ3n) is 3.02. The molecule has 3 nitrogen and oxygen atoms in total. The molecule has 1 rings (SSSR count). The summed E-state index contributed by atoms with van der Waals surface area (Å²) < 4.78 is 20.0. The Hall–Kier alpha value is -1.12. The lowest BCUT2D eigenvalue weighted by Crippen LogP contribution is -2.18. The standard InChI is InChI=1S/C13H20O3/c1-3-4-5-6-11-10(7-8-12(11)14)9-13(15)16-2/h4-5,10-11H,3,6-9H2,1-2H3/b5-4-/t10-,11-/m0/s1/i4D,5D. The Balaban J connectivity index is 2.71. The maximum absolute atomic E-state index is 11.8. The van der Waals surface area contributed by atoms with Crippen molar-refractivity contribution in [2.75, 3.05) is 7.11 Å². The molecule has 0 heterocycles. The van der Waals surface area contributed by atoms with Crippen LogP contribution in [0.2, 0.25) is 0 Å². The molecular weight excluding hydrogens is 204 g/mol.